The van der Waals surface area contributed by atoms with E-state index in [2.05, 4.69) is 34.4 Å². The van der Waals surface area contributed by atoms with Crippen molar-refractivity contribution in [3.05, 3.63) is 41.4 Å². The first kappa shape index (κ1) is 16.9. The molecule has 2 heterocycles. The van der Waals surface area contributed by atoms with E-state index in [1.807, 2.05) is 30.3 Å². The Labute approximate surface area is 146 Å². The number of nitrogens with zero attached hydrogens (tertiary/aromatic N) is 2. The molecule has 0 saturated carbocycles. The first-order valence-corrected chi connectivity index (χ1v) is 9.16. The van der Waals surface area contributed by atoms with Gasteiger partial charge in [0.05, 0.1) is 11.6 Å². The summed E-state index contributed by atoms with van der Waals surface area (Å²) in [7, 11) is 0. The average Bonchev–Trinajstić information content (AvgIpc) is 2.98. The number of hydrogen-bond acceptors (Lipinski definition) is 5. The molecule has 24 heavy (non-hydrogen) atoms. The zero-order valence-corrected chi connectivity index (χ0v) is 14.8. The minimum atomic E-state index is -0.670. The van der Waals surface area contributed by atoms with Gasteiger partial charge < -0.3 is 10.4 Å². The van der Waals surface area contributed by atoms with Gasteiger partial charge in [-0.3, -0.25) is 9.69 Å². The maximum absolute atomic E-state index is 11.2. The fourth-order valence-corrected chi connectivity index (χ4v) is 4.13. The summed E-state index contributed by atoms with van der Waals surface area (Å²) in [5, 5.41) is 15.5. The molecular weight excluding hydrogens is 322 g/mol. The zero-order valence-electron chi connectivity index (χ0n) is 14.0. The summed E-state index contributed by atoms with van der Waals surface area (Å²) >= 11 is 1.60. The second-order valence-corrected chi connectivity index (χ2v) is 7.37. The molecule has 0 aliphatic carbocycles. The van der Waals surface area contributed by atoms with E-state index >= 15 is 0 Å². The van der Waals surface area contributed by atoms with Crippen molar-refractivity contribution in [1.82, 2.24) is 9.88 Å². The van der Waals surface area contributed by atoms with Gasteiger partial charge in [0.2, 0.25) is 0 Å². The lowest BCUT2D eigenvalue weighted by Crippen LogP contribution is -2.47. The first-order chi connectivity index (χ1) is 11.5. The lowest BCUT2D eigenvalue weighted by Gasteiger charge is -2.41. The fourth-order valence-electron chi connectivity index (χ4n) is 3.41. The number of carboxylic acid groups (broad SMARTS) is 1. The molecule has 1 saturated heterocycles. The van der Waals surface area contributed by atoms with E-state index in [1.54, 1.807) is 11.3 Å². The summed E-state index contributed by atoms with van der Waals surface area (Å²) in [5.41, 5.74) is 2.06. The summed E-state index contributed by atoms with van der Waals surface area (Å²) in [6, 6.07) is 10.5. The highest BCUT2D eigenvalue weighted by molar-refractivity contribution is 7.13. The average molecular weight is 345 g/mol. The Bertz CT molecular complexity index is 677. The van der Waals surface area contributed by atoms with Crippen molar-refractivity contribution in [1.29, 1.82) is 0 Å². The molecule has 5 nitrogen and oxygen atoms in total. The van der Waals surface area contributed by atoms with E-state index in [4.69, 9.17) is 0 Å². The monoisotopic (exact) mass is 345 g/mol. The number of piperidine rings is 1. The van der Waals surface area contributed by atoms with Crippen molar-refractivity contribution >= 4 is 28.1 Å². The summed E-state index contributed by atoms with van der Waals surface area (Å²) < 4.78 is 0. The predicted octanol–water partition coefficient (Wildman–Crippen LogP) is 3.96. The van der Waals surface area contributed by atoms with Gasteiger partial charge in [0.1, 0.15) is 0 Å². The third-order valence-electron chi connectivity index (χ3n) is 4.65. The molecule has 2 atom stereocenters. The van der Waals surface area contributed by atoms with Gasteiger partial charge in [-0.1, -0.05) is 18.2 Å². The third kappa shape index (κ3) is 3.94. The van der Waals surface area contributed by atoms with Crippen LogP contribution < -0.4 is 5.32 Å². The van der Waals surface area contributed by atoms with Crippen LogP contribution in [0.2, 0.25) is 0 Å². The summed E-state index contributed by atoms with van der Waals surface area (Å²) in [6.45, 7) is 4.99. The molecular formula is C18H23N3O2S. The van der Waals surface area contributed by atoms with Crippen molar-refractivity contribution in [2.24, 2.45) is 5.92 Å². The number of aromatic nitrogens is 1. The number of rotatable bonds is 5. The zero-order chi connectivity index (χ0) is 17.1. The van der Waals surface area contributed by atoms with Crippen molar-refractivity contribution < 1.29 is 9.90 Å². The standard InChI is InChI=1S/C18H23N3O2S/c1-12-8-14(17(22)23)9-13(2)21(12)10-16-11-24-18(20-16)19-15-6-4-3-5-7-15/h3-7,11-14H,8-10H2,1-2H3,(H,19,20)(H,22,23). The fraction of sp³-hybridized carbons (Fsp3) is 0.444. The number of aliphatic carboxylic acids is 1. The van der Waals surface area contributed by atoms with Crippen molar-refractivity contribution in [2.45, 2.75) is 45.3 Å². The molecule has 0 spiro atoms. The maximum Gasteiger partial charge on any atom is 0.306 e. The van der Waals surface area contributed by atoms with Crippen LogP contribution >= 0.6 is 11.3 Å². The van der Waals surface area contributed by atoms with Crippen LogP contribution in [0.5, 0.6) is 0 Å². The number of nitrogens with one attached hydrogen (secondary N) is 1. The predicted molar refractivity (Wildman–Crippen MR) is 96.7 cm³/mol. The van der Waals surface area contributed by atoms with Gasteiger partial charge in [0, 0.05) is 29.7 Å². The number of anilines is 2. The second-order valence-electron chi connectivity index (χ2n) is 6.51. The smallest absolute Gasteiger partial charge is 0.306 e. The number of para-hydroxylation sites is 1. The Kier molecular flexibility index (Phi) is 5.16. The van der Waals surface area contributed by atoms with Crippen LogP contribution in [0.25, 0.3) is 0 Å². The van der Waals surface area contributed by atoms with Crippen LogP contribution in [0.4, 0.5) is 10.8 Å². The number of carbonyl (C=O) groups is 1. The molecule has 2 unspecified atom stereocenters. The molecule has 128 valence electrons. The second kappa shape index (κ2) is 7.32. The number of likely N-dealkylation sites (tertiary alicyclic amines) is 1. The molecule has 0 amide bonds. The van der Waals surface area contributed by atoms with Crippen molar-refractivity contribution in [2.75, 3.05) is 5.32 Å². The van der Waals surface area contributed by atoms with Crippen LogP contribution in [0.1, 0.15) is 32.4 Å². The molecule has 1 aromatic carbocycles. The Balaban J connectivity index is 1.63. The summed E-state index contributed by atoms with van der Waals surface area (Å²) in [5.74, 6) is -0.895. The number of carboxylic acids is 1. The molecule has 0 bridgehead atoms. The van der Waals surface area contributed by atoms with E-state index in [9.17, 15) is 9.90 Å². The van der Waals surface area contributed by atoms with Crippen LogP contribution in [0.15, 0.2) is 35.7 Å². The summed E-state index contributed by atoms with van der Waals surface area (Å²) in [6.07, 6.45) is 1.41. The van der Waals surface area contributed by atoms with Gasteiger partial charge in [-0.25, -0.2) is 4.98 Å². The maximum atomic E-state index is 11.2. The SMILES string of the molecule is CC1CC(C(=O)O)CC(C)N1Cc1csc(Nc2ccccc2)n1. The molecule has 1 aliphatic heterocycles. The lowest BCUT2D eigenvalue weighted by molar-refractivity contribution is -0.145. The third-order valence-corrected chi connectivity index (χ3v) is 5.46. The quantitative estimate of drug-likeness (QED) is 0.859. The van der Waals surface area contributed by atoms with Crippen LogP contribution in [0, 0.1) is 5.92 Å². The number of hydrogen-bond donors (Lipinski definition) is 2. The Morgan fingerprint density at radius 3 is 2.58 bits per heavy atom. The summed E-state index contributed by atoms with van der Waals surface area (Å²) in [4.78, 5) is 18.3. The molecule has 2 aromatic rings. The largest absolute Gasteiger partial charge is 0.481 e. The lowest BCUT2D eigenvalue weighted by atomic mass is 9.87. The van der Waals surface area contributed by atoms with Crippen LogP contribution in [-0.4, -0.2) is 33.0 Å². The number of thiazole rings is 1. The van der Waals surface area contributed by atoms with Crippen molar-refractivity contribution in [3.8, 4) is 0 Å². The minimum Gasteiger partial charge on any atom is -0.481 e. The molecule has 0 radical (unpaired) electrons. The Hall–Kier alpha value is -1.92. The van der Waals surface area contributed by atoms with Gasteiger partial charge in [-0.2, -0.15) is 0 Å². The minimum absolute atomic E-state index is 0.225. The first-order valence-electron chi connectivity index (χ1n) is 8.28. The molecule has 1 aliphatic rings. The van der Waals surface area contributed by atoms with Gasteiger partial charge in [-0.05, 0) is 38.8 Å². The van der Waals surface area contributed by atoms with E-state index in [0.717, 1.165) is 23.1 Å². The number of benzene rings is 1. The van der Waals surface area contributed by atoms with E-state index in [1.165, 1.54) is 0 Å². The normalized spacial score (nSPS) is 24.7. The van der Waals surface area contributed by atoms with Gasteiger partial charge in [0.15, 0.2) is 5.13 Å². The molecule has 2 N–H and O–H groups in total. The van der Waals surface area contributed by atoms with Crippen LogP contribution in [0.3, 0.4) is 0 Å². The van der Waals surface area contributed by atoms with E-state index in [0.29, 0.717) is 12.8 Å². The Morgan fingerprint density at radius 1 is 1.29 bits per heavy atom. The highest BCUT2D eigenvalue weighted by atomic mass is 32.1. The highest BCUT2D eigenvalue weighted by Crippen LogP contribution is 2.30. The molecule has 1 fully saturated rings. The highest BCUT2D eigenvalue weighted by Gasteiger charge is 2.34. The van der Waals surface area contributed by atoms with Gasteiger partial charge >= 0.3 is 5.97 Å². The van der Waals surface area contributed by atoms with E-state index < -0.39 is 5.97 Å². The van der Waals surface area contributed by atoms with Gasteiger partial charge in [0.25, 0.3) is 0 Å². The molecule has 1 aromatic heterocycles. The van der Waals surface area contributed by atoms with Gasteiger partial charge in [-0.15, -0.1) is 11.3 Å². The topological polar surface area (TPSA) is 65.5 Å². The van der Waals surface area contributed by atoms with Crippen molar-refractivity contribution in [3.63, 3.8) is 0 Å². The van der Waals surface area contributed by atoms with Crippen LogP contribution in [-0.2, 0) is 11.3 Å². The Morgan fingerprint density at radius 2 is 1.96 bits per heavy atom. The molecule has 6 heteroatoms. The molecule has 3 rings (SSSR count). The van der Waals surface area contributed by atoms with E-state index in [-0.39, 0.29) is 18.0 Å².